The van der Waals surface area contributed by atoms with Crippen LogP contribution in [-0.4, -0.2) is 19.5 Å². The van der Waals surface area contributed by atoms with Gasteiger partial charge in [0.05, 0.1) is 0 Å². The number of carbonyl (C=O) groups is 1. The van der Waals surface area contributed by atoms with E-state index >= 15 is 0 Å². The minimum atomic E-state index is 0.131. The molecule has 0 aliphatic heterocycles. The number of nitrogens with zero attached hydrogens (tertiary/aromatic N) is 1. The second-order valence-corrected chi connectivity index (χ2v) is 4.50. The molecule has 1 rings (SSSR count). The van der Waals surface area contributed by atoms with Crippen LogP contribution < -0.4 is 10.6 Å². The maximum absolute atomic E-state index is 12.0. The summed E-state index contributed by atoms with van der Waals surface area (Å²) in [5.41, 5.74) is 7.75. The molecule has 0 aromatic heterocycles. The SMILES string of the molecule is CCC(CN)CC(=O)N(C)c1ccc(C)cc1. The molecular weight excluding hydrogens is 212 g/mol. The normalized spacial score (nSPS) is 12.2. The molecule has 94 valence electrons. The molecule has 0 spiro atoms. The smallest absolute Gasteiger partial charge is 0.227 e. The maximum atomic E-state index is 12.0. The molecule has 0 saturated carbocycles. The molecule has 0 heterocycles. The Kier molecular flexibility index (Phi) is 5.16. The predicted octanol–water partition coefficient (Wildman–Crippen LogP) is 2.33. The Labute approximate surface area is 104 Å². The highest BCUT2D eigenvalue weighted by Crippen LogP contribution is 2.16. The van der Waals surface area contributed by atoms with Gasteiger partial charge in [-0.3, -0.25) is 4.79 Å². The second-order valence-electron chi connectivity index (χ2n) is 4.50. The summed E-state index contributed by atoms with van der Waals surface area (Å²) in [5.74, 6) is 0.418. The average Bonchev–Trinajstić information content (AvgIpc) is 2.35. The first-order chi connectivity index (χ1) is 8.08. The van der Waals surface area contributed by atoms with Gasteiger partial charge in [0.1, 0.15) is 0 Å². The Bertz CT molecular complexity index is 355. The van der Waals surface area contributed by atoms with E-state index in [0.717, 1.165) is 12.1 Å². The van der Waals surface area contributed by atoms with Gasteiger partial charge in [-0.25, -0.2) is 0 Å². The summed E-state index contributed by atoms with van der Waals surface area (Å²) in [6.45, 7) is 4.67. The lowest BCUT2D eigenvalue weighted by Crippen LogP contribution is -2.30. The van der Waals surface area contributed by atoms with Crippen LogP contribution >= 0.6 is 0 Å². The lowest BCUT2D eigenvalue weighted by Gasteiger charge is -2.20. The second kappa shape index (κ2) is 6.40. The van der Waals surface area contributed by atoms with Crippen LogP contribution in [0.5, 0.6) is 0 Å². The monoisotopic (exact) mass is 234 g/mol. The topological polar surface area (TPSA) is 46.3 Å². The van der Waals surface area contributed by atoms with Gasteiger partial charge in [0.25, 0.3) is 0 Å². The largest absolute Gasteiger partial charge is 0.330 e. The van der Waals surface area contributed by atoms with E-state index in [9.17, 15) is 4.79 Å². The van der Waals surface area contributed by atoms with Crippen molar-refractivity contribution >= 4 is 11.6 Å². The standard InChI is InChI=1S/C14H22N2O/c1-4-12(10-15)9-14(17)16(3)13-7-5-11(2)6-8-13/h5-8,12H,4,9-10,15H2,1-3H3. The molecule has 0 aliphatic carbocycles. The number of amides is 1. The first-order valence-electron chi connectivity index (χ1n) is 6.11. The van der Waals surface area contributed by atoms with E-state index < -0.39 is 0 Å². The van der Waals surface area contributed by atoms with Gasteiger partial charge in [-0.05, 0) is 31.5 Å². The van der Waals surface area contributed by atoms with Crippen molar-refractivity contribution in [3.63, 3.8) is 0 Å². The third kappa shape index (κ3) is 3.86. The first-order valence-corrected chi connectivity index (χ1v) is 6.11. The van der Waals surface area contributed by atoms with Gasteiger partial charge in [0, 0.05) is 19.2 Å². The van der Waals surface area contributed by atoms with E-state index in [2.05, 4.69) is 6.92 Å². The van der Waals surface area contributed by atoms with E-state index in [4.69, 9.17) is 5.73 Å². The lowest BCUT2D eigenvalue weighted by molar-refractivity contribution is -0.119. The molecule has 0 saturated heterocycles. The highest BCUT2D eigenvalue weighted by atomic mass is 16.2. The summed E-state index contributed by atoms with van der Waals surface area (Å²) in [6.07, 6.45) is 1.47. The number of hydrogen-bond donors (Lipinski definition) is 1. The zero-order valence-corrected chi connectivity index (χ0v) is 10.9. The minimum Gasteiger partial charge on any atom is -0.330 e. The highest BCUT2D eigenvalue weighted by Gasteiger charge is 2.15. The third-order valence-corrected chi connectivity index (χ3v) is 3.17. The molecule has 1 unspecified atom stereocenters. The van der Waals surface area contributed by atoms with Crippen LogP contribution in [0.4, 0.5) is 5.69 Å². The van der Waals surface area contributed by atoms with Crippen molar-refractivity contribution in [3.8, 4) is 0 Å². The van der Waals surface area contributed by atoms with E-state index in [0.29, 0.717) is 13.0 Å². The molecular formula is C14H22N2O. The molecule has 0 bridgehead atoms. The van der Waals surface area contributed by atoms with Crippen molar-refractivity contribution in [1.29, 1.82) is 0 Å². The van der Waals surface area contributed by atoms with Crippen molar-refractivity contribution in [2.24, 2.45) is 11.7 Å². The Morgan fingerprint density at radius 1 is 1.35 bits per heavy atom. The number of carbonyl (C=O) groups excluding carboxylic acids is 1. The number of rotatable bonds is 5. The molecule has 1 atom stereocenters. The molecule has 17 heavy (non-hydrogen) atoms. The number of hydrogen-bond acceptors (Lipinski definition) is 2. The molecule has 0 fully saturated rings. The fourth-order valence-electron chi connectivity index (χ4n) is 1.69. The Balaban J connectivity index is 2.66. The van der Waals surface area contributed by atoms with Crippen molar-refractivity contribution in [1.82, 2.24) is 0 Å². The first kappa shape index (κ1) is 13.7. The molecule has 0 radical (unpaired) electrons. The lowest BCUT2D eigenvalue weighted by atomic mass is 10.0. The molecule has 0 aliphatic rings. The van der Waals surface area contributed by atoms with Gasteiger partial charge in [-0.15, -0.1) is 0 Å². The van der Waals surface area contributed by atoms with E-state index in [1.54, 1.807) is 4.90 Å². The highest BCUT2D eigenvalue weighted by molar-refractivity contribution is 5.92. The van der Waals surface area contributed by atoms with Crippen LogP contribution in [0.1, 0.15) is 25.3 Å². The van der Waals surface area contributed by atoms with Crippen LogP contribution in [0.3, 0.4) is 0 Å². The Hall–Kier alpha value is -1.35. The maximum Gasteiger partial charge on any atom is 0.227 e. The van der Waals surface area contributed by atoms with Gasteiger partial charge < -0.3 is 10.6 Å². The van der Waals surface area contributed by atoms with Crippen molar-refractivity contribution < 1.29 is 4.79 Å². The summed E-state index contributed by atoms with van der Waals surface area (Å²) in [7, 11) is 1.82. The molecule has 1 aromatic rings. The quantitative estimate of drug-likeness (QED) is 0.850. The zero-order chi connectivity index (χ0) is 12.8. The van der Waals surface area contributed by atoms with Gasteiger partial charge in [0.15, 0.2) is 0 Å². The summed E-state index contributed by atoms with van der Waals surface area (Å²) < 4.78 is 0. The van der Waals surface area contributed by atoms with Gasteiger partial charge in [-0.1, -0.05) is 31.0 Å². The van der Waals surface area contributed by atoms with E-state index in [1.165, 1.54) is 5.56 Å². The van der Waals surface area contributed by atoms with Crippen LogP contribution in [-0.2, 0) is 4.79 Å². The Morgan fingerprint density at radius 3 is 2.41 bits per heavy atom. The van der Waals surface area contributed by atoms with E-state index in [1.807, 2.05) is 38.2 Å². The van der Waals surface area contributed by atoms with Gasteiger partial charge in [0.2, 0.25) is 5.91 Å². The third-order valence-electron chi connectivity index (χ3n) is 3.17. The summed E-state index contributed by atoms with van der Waals surface area (Å²) in [4.78, 5) is 13.7. The molecule has 1 aromatic carbocycles. The van der Waals surface area contributed by atoms with Gasteiger partial charge in [-0.2, -0.15) is 0 Å². The molecule has 3 heteroatoms. The number of nitrogens with two attached hydrogens (primary N) is 1. The molecule has 3 nitrogen and oxygen atoms in total. The van der Waals surface area contributed by atoms with Crippen molar-refractivity contribution in [2.45, 2.75) is 26.7 Å². The van der Waals surface area contributed by atoms with Crippen LogP contribution in [0, 0.1) is 12.8 Å². The molecule has 2 N–H and O–H groups in total. The minimum absolute atomic E-state index is 0.131. The average molecular weight is 234 g/mol. The van der Waals surface area contributed by atoms with Crippen LogP contribution in [0.2, 0.25) is 0 Å². The van der Waals surface area contributed by atoms with Crippen LogP contribution in [0.25, 0.3) is 0 Å². The van der Waals surface area contributed by atoms with Crippen LogP contribution in [0.15, 0.2) is 24.3 Å². The number of aryl methyl sites for hydroxylation is 1. The number of benzene rings is 1. The zero-order valence-electron chi connectivity index (χ0n) is 10.9. The number of anilines is 1. The van der Waals surface area contributed by atoms with Crippen molar-refractivity contribution in [2.75, 3.05) is 18.5 Å². The van der Waals surface area contributed by atoms with E-state index in [-0.39, 0.29) is 11.8 Å². The molecule has 1 amide bonds. The van der Waals surface area contributed by atoms with Crippen molar-refractivity contribution in [3.05, 3.63) is 29.8 Å². The Morgan fingerprint density at radius 2 is 1.94 bits per heavy atom. The summed E-state index contributed by atoms with van der Waals surface area (Å²) >= 11 is 0. The summed E-state index contributed by atoms with van der Waals surface area (Å²) in [5, 5.41) is 0. The predicted molar refractivity (Wildman–Crippen MR) is 72.0 cm³/mol. The fraction of sp³-hybridized carbons (Fsp3) is 0.500. The van der Waals surface area contributed by atoms with Gasteiger partial charge >= 0.3 is 0 Å². The summed E-state index contributed by atoms with van der Waals surface area (Å²) in [6, 6.07) is 7.96. The fourth-order valence-corrected chi connectivity index (χ4v) is 1.69.